The molecule has 0 spiro atoms. The molecule has 140 valence electrons. The second-order valence-electron chi connectivity index (χ2n) is 6.46. The fourth-order valence-corrected chi connectivity index (χ4v) is 5.16. The highest BCUT2D eigenvalue weighted by Gasteiger charge is 2.36. The van der Waals surface area contributed by atoms with E-state index in [0.29, 0.717) is 17.5 Å². The Morgan fingerprint density at radius 2 is 1.59 bits per heavy atom. The molecule has 0 aliphatic carbocycles. The first-order valence-corrected chi connectivity index (χ1v) is 10.5. The topological polar surface area (TPSA) is 86.6 Å². The van der Waals surface area contributed by atoms with Crippen molar-refractivity contribution in [2.24, 2.45) is 0 Å². The van der Waals surface area contributed by atoms with E-state index in [9.17, 15) is 19.4 Å². The van der Waals surface area contributed by atoms with Gasteiger partial charge in [0.15, 0.2) is 0 Å². The van der Waals surface area contributed by atoms with E-state index in [1.807, 2.05) is 49.4 Å². The first-order chi connectivity index (χ1) is 12.9. The summed E-state index contributed by atoms with van der Waals surface area (Å²) in [7, 11) is -4.01. The average Bonchev–Trinajstić information content (AvgIpc) is 2.67. The van der Waals surface area contributed by atoms with Gasteiger partial charge < -0.3 is 10.00 Å². The van der Waals surface area contributed by atoms with Crippen LogP contribution in [0.2, 0.25) is 0 Å². The van der Waals surface area contributed by atoms with Gasteiger partial charge in [-0.25, -0.2) is 5.09 Å². The third-order valence-corrected chi connectivity index (χ3v) is 6.80. The second-order valence-corrected chi connectivity index (χ2v) is 8.59. The third-order valence-electron chi connectivity index (χ3n) is 4.66. The molecule has 3 atom stereocenters. The quantitative estimate of drug-likeness (QED) is 0.506. The van der Waals surface area contributed by atoms with Gasteiger partial charge in [-0.2, -0.15) is 0 Å². The molecule has 3 N–H and O–H groups in total. The van der Waals surface area contributed by atoms with Crippen molar-refractivity contribution < 1.29 is 19.4 Å². The molecule has 0 fully saturated rings. The maximum Gasteiger partial charge on any atom is 0.325 e. The molecule has 0 amide bonds. The zero-order valence-corrected chi connectivity index (χ0v) is 15.8. The Morgan fingerprint density at radius 3 is 2.22 bits per heavy atom. The van der Waals surface area contributed by atoms with Crippen LogP contribution in [0.4, 0.5) is 0 Å². The van der Waals surface area contributed by atoms with Gasteiger partial charge in [0.25, 0.3) is 7.52 Å². The summed E-state index contributed by atoms with van der Waals surface area (Å²) in [4.78, 5) is 22.5. The van der Waals surface area contributed by atoms with Crippen molar-refractivity contribution >= 4 is 24.3 Å². The van der Waals surface area contributed by atoms with Crippen molar-refractivity contribution in [1.82, 2.24) is 5.09 Å². The number of rotatable bonds is 7. The van der Waals surface area contributed by atoms with Crippen molar-refractivity contribution in [2.45, 2.75) is 25.0 Å². The number of fused-ring (bicyclic) bond motifs is 1. The van der Waals surface area contributed by atoms with E-state index in [-0.39, 0.29) is 0 Å². The van der Waals surface area contributed by atoms with Crippen LogP contribution in [-0.4, -0.2) is 16.0 Å². The fraction of sp³-hybridized carbons (Fsp3) is 0.190. The van der Waals surface area contributed by atoms with Crippen LogP contribution in [0, 0.1) is 0 Å². The molecule has 0 aliphatic rings. The van der Waals surface area contributed by atoms with Crippen LogP contribution in [0.3, 0.4) is 0 Å². The molecule has 3 aromatic rings. The van der Waals surface area contributed by atoms with Gasteiger partial charge in [0, 0.05) is 0 Å². The lowest BCUT2D eigenvalue weighted by Gasteiger charge is -2.26. The minimum atomic E-state index is -4.01. The molecule has 3 unspecified atom stereocenters. The fourth-order valence-electron chi connectivity index (χ4n) is 3.29. The maximum atomic E-state index is 13.2. The molecule has 0 saturated heterocycles. The summed E-state index contributed by atoms with van der Waals surface area (Å²) in [6.07, 6.45) is 0.403. The average molecular weight is 383 g/mol. The number of benzene rings is 3. The first-order valence-electron chi connectivity index (χ1n) is 8.79. The smallest absolute Gasteiger partial charge is 0.325 e. The van der Waals surface area contributed by atoms with Gasteiger partial charge >= 0.3 is 5.97 Å². The molecule has 6 heteroatoms. The van der Waals surface area contributed by atoms with Gasteiger partial charge in [0.1, 0.15) is 6.04 Å². The van der Waals surface area contributed by atoms with Crippen molar-refractivity contribution in [3.63, 3.8) is 0 Å². The molecular formula is C21H22NO4P. The first kappa shape index (κ1) is 19.3. The highest BCUT2D eigenvalue weighted by Crippen LogP contribution is 2.55. The lowest BCUT2D eigenvalue weighted by molar-refractivity contribution is -0.139. The number of hydrogen-bond donors (Lipinski definition) is 3. The highest BCUT2D eigenvalue weighted by molar-refractivity contribution is 7.56. The number of carboxylic acid groups (broad SMARTS) is 1. The lowest BCUT2D eigenvalue weighted by atomic mass is 10.0. The Morgan fingerprint density at radius 1 is 0.963 bits per heavy atom. The number of nitrogens with one attached hydrogen (secondary N) is 1. The molecule has 0 radical (unpaired) electrons. The van der Waals surface area contributed by atoms with E-state index in [4.69, 9.17) is 0 Å². The molecule has 0 heterocycles. The molecule has 3 aromatic carbocycles. The Bertz CT molecular complexity index is 990. The van der Waals surface area contributed by atoms with E-state index in [1.165, 1.54) is 0 Å². The summed E-state index contributed by atoms with van der Waals surface area (Å²) in [5, 5.41) is 14.1. The molecule has 0 bridgehead atoms. The largest absolute Gasteiger partial charge is 0.480 e. The summed E-state index contributed by atoms with van der Waals surface area (Å²) < 4.78 is 13.2. The van der Waals surface area contributed by atoms with E-state index >= 15 is 0 Å². The van der Waals surface area contributed by atoms with Gasteiger partial charge in [-0.3, -0.25) is 9.36 Å². The monoisotopic (exact) mass is 383 g/mol. The lowest BCUT2D eigenvalue weighted by Crippen LogP contribution is -2.28. The number of hydrogen-bond acceptors (Lipinski definition) is 2. The molecular weight excluding hydrogens is 361 g/mol. The second kappa shape index (κ2) is 8.05. The summed E-state index contributed by atoms with van der Waals surface area (Å²) in [6.45, 7) is 1.82. The number of carbonyl (C=O) groups is 1. The third kappa shape index (κ3) is 4.28. The standard InChI is InChI=1S/C21H22NO4P/c1-2-19(18-13-12-15-8-6-7-11-17(15)14-18)27(25,26)22-20(21(23)24)16-9-4-3-5-10-16/h3-14,19-20H,2H2,1H3,(H,23,24)(H2,22,25,26). The predicted molar refractivity (Wildman–Crippen MR) is 107 cm³/mol. The summed E-state index contributed by atoms with van der Waals surface area (Å²) in [5.41, 5.74) is 0.451. The molecule has 0 saturated carbocycles. The summed E-state index contributed by atoms with van der Waals surface area (Å²) in [5.74, 6) is -1.19. The van der Waals surface area contributed by atoms with Gasteiger partial charge in [-0.15, -0.1) is 0 Å². The van der Waals surface area contributed by atoms with Crippen molar-refractivity contribution in [3.8, 4) is 0 Å². The zero-order valence-electron chi connectivity index (χ0n) is 14.9. The van der Waals surface area contributed by atoms with E-state index in [1.54, 1.807) is 30.3 Å². The van der Waals surface area contributed by atoms with Gasteiger partial charge in [0.2, 0.25) is 0 Å². The molecule has 27 heavy (non-hydrogen) atoms. The van der Waals surface area contributed by atoms with E-state index in [0.717, 1.165) is 10.8 Å². The van der Waals surface area contributed by atoms with Crippen LogP contribution in [-0.2, 0) is 9.36 Å². The maximum absolute atomic E-state index is 13.2. The van der Waals surface area contributed by atoms with E-state index in [2.05, 4.69) is 5.09 Å². The van der Waals surface area contributed by atoms with Crippen LogP contribution >= 0.6 is 7.52 Å². The summed E-state index contributed by atoms with van der Waals surface area (Å²) >= 11 is 0. The van der Waals surface area contributed by atoms with E-state index < -0.39 is 25.2 Å². The van der Waals surface area contributed by atoms with Crippen molar-refractivity contribution in [3.05, 3.63) is 83.9 Å². The minimum absolute atomic E-state index is 0.403. The normalized spacial score (nSPS) is 15.8. The van der Waals surface area contributed by atoms with Crippen LogP contribution < -0.4 is 5.09 Å². The van der Waals surface area contributed by atoms with Crippen LogP contribution in [0.25, 0.3) is 10.8 Å². The summed E-state index contributed by atoms with van der Waals surface area (Å²) in [6, 6.07) is 20.6. The van der Waals surface area contributed by atoms with Crippen LogP contribution in [0.15, 0.2) is 72.8 Å². The molecule has 0 aliphatic heterocycles. The van der Waals surface area contributed by atoms with Crippen molar-refractivity contribution in [2.75, 3.05) is 0 Å². The SMILES string of the molecule is CCC(c1ccc2ccccc2c1)P(=O)(O)NC(C(=O)O)c1ccccc1. The number of carboxylic acids is 1. The Balaban J connectivity index is 1.94. The van der Waals surface area contributed by atoms with Gasteiger partial charge in [-0.05, 0) is 28.3 Å². The Labute approximate surface area is 158 Å². The number of aliphatic carboxylic acids is 1. The minimum Gasteiger partial charge on any atom is -0.480 e. The van der Waals surface area contributed by atoms with Crippen LogP contribution in [0.5, 0.6) is 0 Å². The Kier molecular flexibility index (Phi) is 5.76. The van der Waals surface area contributed by atoms with Gasteiger partial charge in [0.05, 0.1) is 5.66 Å². The highest BCUT2D eigenvalue weighted by atomic mass is 31.2. The zero-order chi connectivity index (χ0) is 19.4. The van der Waals surface area contributed by atoms with Gasteiger partial charge in [-0.1, -0.05) is 79.7 Å². The molecule has 0 aromatic heterocycles. The molecule has 3 rings (SSSR count). The van der Waals surface area contributed by atoms with Crippen LogP contribution in [0.1, 0.15) is 36.2 Å². The Hall–Kier alpha value is -2.46. The molecule has 5 nitrogen and oxygen atoms in total. The van der Waals surface area contributed by atoms with Crippen molar-refractivity contribution in [1.29, 1.82) is 0 Å². The predicted octanol–water partition coefficient (Wildman–Crippen LogP) is 4.89.